The third-order valence-corrected chi connectivity index (χ3v) is 3.89. The summed E-state index contributed by atoms with van der Waals surface area (Å²) >= 11 is 0. The number of hydrogen-bond acceptors (Lipinski definition) is 5. The predicted molar refractivity (Wildman–Crippen MR) is 80.0 cm³/mol. The van der Waals surface area contributed by atoms with E-state index in [-0.39, 0.29) is 0 Å². The molecule has 4 rings (SSSR count). The van der Waals surface area contributed by atoms with Crippen molar-refractivity contribution in [2.45, 2.75) is 6.54 Å². The molecule has 1 aliphatic heterocycles. The van der Waals surface area contributed by atoms with E-state index in [1.807, 2.05) is 18.2 Å². The van der Waals surface area contributed by atoms with Crippen LogP contribution in [0.25, 0.3) is 11.0 Å². The van der Waals surface area contributed by atoms with Crippen LogP contribution in [-0.4, -0.2) is 56.2 Å². The number of aromatic nitrogens is 5. The van der Waals surface area contributed by atoms with E-state index in [1.54, 1.807) is 6.33 Å². The summed E-state index contributed by atoms with van der Waals surface area (Å²) in [7, 11) is 0. The molecule has 1 saturated heterocycles. The molecule has 0 spiro atoms. The van der Waals surface area contributed by atoms with Gasteiger partial charge in [-0.3, -0.25) is 10.00 Å². The number of imidazole rings is 1. The first-order valence-corrected chi connectivity index (χ1v) is 7.15. The van der Waals surface area contributed by atoms with Crippen LogP contribution < -0.4 is 4.90 Å². The fourth-order valence-corrected chi connectivity index (χ4v) is 2.73. The Morgan fingerprint density at radius 1 is 1.10 bits per heavy atom. The topological polar surface area (TPSA) is 76.7 Å². The highest BCUT2D eigenvalue weighted by atomic mass is 15.3. The quantitative estimate of drug-likeness (QED) is 0.750. The molecule has 0 atom stereocenters. The first-order chi connectivity index (χ1) is 10.4. The summed E-state index contributed by atoms with van der Waals surface area (Å²) in [5.74, 6) is 1.89. The molecule has 3 aromatic rings. The molecule has 3 heterocycles. The van der Waals surface area contributed by atoms with Gasteiger partial charge in [0, 0.05) is 26.2 Å². The van der Waals surface area contributed by atoms with Crippen LogP contribution in [0.5, 0.6) is 0 Å². The molecule has 1 fully saturated rings. The van der Waals surface area contributed by atoms with Gasteiger partial charge >= 0.3 is 0 Å². The fraction of sp³-hybridized carbons (Fsp3) is 0.357. The maximum Gasteiger partial charge on any atom is 0.203 e. The zero-order chi connectivity index (χ0) is 14.1. The minimum atomic E-state index is 0.827. The van der Waals surface area contributed by atoms with Crippen molar-refractivity contribution in [1.82, 2.24) is 30.0 Å². The second kappa shape index (κ2) is 5.17. The molecule has 108 valence electrons. The van der Waals surface area contributed by atoms with Gasteiger partial charge in [-0.1, -0.05) is 12.1 Å². The summed E-state index contributed by atoms with van der Waals surface area (Å²) in [6.07, 6.45) is 1.56. The summed E-state index contributed by atoms with van der Waals surface area (Å²) < 4.78 is 0. The largest absolute Gasteiger partial charge is 0.340 e. The Morgan fingerprint density at radius 2 is 1.95 bits per heavy atom. The molecule has 21 heavy (non-hydrogen) atoms. The third-order valence-electron chi connectivity index (χ3n) is 3.89. The Bertz CT molecular complexity index is 677. The number of aromatic amines is 2. The van der Waals surface area contributed by atoms with Gasteiger partial charge in [-0.05, 0) is 12.1 Å². The van der Waals surface area contributed by atoms with Crippen molar-refractivity contribution in [3.8, 4) is 0 Å². The Balaban J connectivity index is 1.42. The molecule has 0 unspecified atom stereocenters. The summed E-state index contributed by atoms with van der Waals surface area (Å²) in [4.78, 5) is 16.9. The van der Waals surface area contributed by atoms with Gasteiger partial charge in [0.15, 0.2) is 0 Å². The van der Waals surface area contributed by atoms with Crippen LogP contribution in [0.15, 0.2) is 30.6 Å². The Morgan fingerprint density at radius 3 is 2.71 bits per heavy atom. The molecule has 1 aliphatic rings. The van der Waals surface area contributed by atoms with Crippen LogP contribution in [0.4, 0.5) is 5.95 Å². The predicted octanol–water partition coefficient (Wildman–Crippen LogP) is 1.00. The van der Waals surface area contributed by atoms with Crippen LogP contribution in [-0.2, 0) is 6.54 Å². The molecule has 7 heteroatoms. The van der Waals surface area contributed by atoms with E-state index in [1.165, 1.54) is 0 Å². The average Bonchev–Trinajstić information content (AvgIpc) is 3.16. The van der Waals surface area contributed by atoms with Crippen LogP contribution in [0, 0.1) is 0 Å². The highest BCUT2D eigenvalue weighted by Crippen LogP contribution is 2.18. The van der Waals surface area contributed by atoms with Crippen molar-refractivity contribution in [1.29, 1.82) is 0 Å². The van der Waals surface area contributed by atoms with Gasteiger partial charge in [0.1, 0.15) is 12.2 Å². The van der Waals surface area contributed by atoms with E-state index >= 15 is 0 Å². The standard InChI is InChI=1S/C14H17N7/c1-2-4-12-11(3-1)17-14(18-12)21-7-5-20(6-8-21)9-13-15-10-16-19-13/h1-4,10H,5-9H2,(H,17,18)(H,15,16,19). The zero-order valence-electron chi connectivity index (χ0n) is 11.7. The molecule has 2 N–H and O–H groups in total. The summed E-state index contributed by atoms with van der Waals surface area (Å²) in [6, 6.07) is 8.14. The van der Waals surface area contributed by atoms with Gasteiger partial charge in [-0.2, -0.15) is 5.10 Å². The first-order valence-electron chi connectivity index (χ1n) is 7.15. The lowest BCUT2D eigenvalue weighted by atomic mass is 10.3. The molecule has 1 aromatic carbocycles. The van der Waals surface area contributed by atoms with Gasteiger partial charge in [0.2, 0.25) is 5.95 Å². The van der Waals surface area contributed by atoms with Gasteiger partial charge < -0.3 is 9.88 Å². The van der Waals surface area contributed by atoms with Crippen molar-refractivity contribution in [2.75, 3.05) is 31.1 Å². The van der Waals surface area contributed by atoms with E-state index in [0.29, 0.717) is 0 Å². The van der Waals surface area contributed by atoms with Gasteiger partial charge in [0.25, 0.3) is 0 Å². The van der Waals surface area contributed by atoms with Gasteiger partial charge in [0.05, 0.1) is 17.6 Å². The number of rotatable bonds is 3. The van der Waals surface area contributed by atoms with Crippen molar-refractivity contribution < 1.29 is 0 Å². The highest BCUT2D eigenvalue weighted by Gasteiger charge is 2.20. The van der Waals surface area contributed by atoms with Crippen molar-refractivity contribution in [3.05, 3.63) is 36.4 Å². The summed E-state index contributed by atoms with van der Waals surface area (Å²) in [5.41, 5.74) is 2.12. The molecule has 0 radical (unpaired) electrons. The summed E-state index contributed by atoms with van der Waals surface area (Å²) in [6.45, 7) is 4.76. The number of H-pyrrole nitrogens is 2. The van der Waals surface area contributed by atoms with E-state index < -0.39 is 0 Å². The number of hydrogen-bond donors (Lipinski definition) is 2. The smallest absolute Gasteiger partial charge is 0.203 e. The van der Waals surface area contributed by atoms with Crippen LogP contribution in [0.3, 0.4) is 0 Å². The van der Waals surface area contributed by atoms with Crippen molar-refractivity contribution in [3.63, 3.8) is 0 Å². The Hall–Kier alpha value is -2.41. The summed E-state index contributed by atoms with van der Waals surface area (Å²) in [5, 5.41) is 6.80. The normalized spacial score (nSPS) is 16.7. The molecule has 0 bridgehead atoms. The second-order valence-corrected chi connectivity index (χ2v) is 5.27. The van der Waals surface area contributed by atoms with E-state index in [0.717, 1.165) is 55.5 Å². The lowest BCUT2D eigenvalue weighted by Crippen LogP contribution is -2.46. The number of para-hydroxylation sites is 2. The van der Waals surface area contributed by atoms with E-state index in [9.17, 15) is 0 Å². The molecule has 0 aliphatic carbocycles. The SMILES string of the molecule is c1ccc2[nH]c(N3CCN(Cc4ncn[nH]4)CC3)nc2c1. The van der Waals surface area contributed by atoms with Crippen LogP contribution in [0.2, 0.25) is 0 Å². The van der Waals surface area contributed by atoms with Gasteiger partial charge in [-0.25, -0.2) is 9.97 Å². The monoisotopic (exact) mass is 283 g/mol. The lowest BCUT2D eigenvalue weighted by Gasteiger charge is -2.33. The minimum absolute atomic E-state index is 0.827. The molecule has 7 nitrogen and oxygen atoms in total. The number of anilines is 1. The Labute approximate surface area is 122 Å². The Kier molecular flexibility index (Phi) is 3.04. The number of nitrogens with zero attached hydrogens (tertiary/aromatic N) is 5. The van der Waals surface area contributed by atoms with Crippen LogP contribution >= 0.6 is 0 Å². The number of fused-ring (bicyclic) bond motifs is 1. The third kappa shape index (κ3) is 2.47. The molecular weight excluding hydrogens is 266 g/mol. The number of benzene rings is 1. The second-order valence-electron chi connectivity index (χ2n) is 5.27. The molecular formula is C14H17N7. The zero-order valence-corrected chi connectivity index (χ0v) is 11.7. The van der Waals surface area contributed by atoms with Gasteiger partial charge in [-0.15, -0.1) is 0 Å². The van der Waals surface area contributed by atoms with Crippen LogP contribution in [0.1, 0.15) is 5.82 Å². The van der Waals surface area contributed by atoms with E-state index in [2.05, 4.69) is 41.0 Å². The van der Waals surface area contributed by atoms with Crippen molar-refractivity contribution >= 4 is 17.0 Å². The average molecular weight is 283 g/mol. The van der Waals surface area contributed by atoms with Crippen molar-refractivity contribution in [2.24, 2.45) is 0 Å². The van der Waals surface area contributed by atoms with E-state index in [4.69, 9.17) is 0 Å². The molecule has 2 aromatic heterocycles. The molecule has 0 amide bonds. The highest BCUT2D eigenvalue weighted by molar-refractivity contribution is 5.77. The number of nitrogens with one attached hydrogen (secondary N) is 2. The maximum absolute atomic E-state index is 4.66. The minimum Gasteiger partial charge on any atom is -0.340 e. The number of piperazine rings is 1. The lowest BCUT2D eigenvalue weighted by molar-refractivity contribution is 0.243. The molecule has 0 saturated carbocycles. The first kappa shape index (κ1) is 12.3. The fourth-order valence-electron chi connectivity index (χ4n) is 2.73. The maximum atomic E-state index is 4.66.